The van der Waals surface area contributed by atoms with Crippen LogP contribution in [-0.4, -0.2) is 18.0 Å². The molecule has 0 N–H and O–H groups in total. The smallest absolute Gasteiger partial charge is 0.121 e. The first-order chi connectivity index (χ1) is 5.84. The molecule has 0 atom stereocenters. The van der Waals surface area contributed by atoms with Gasteiger partial charge in [-0.25, -0.2) is 0 Å². The van der Waals surface area contributed by atoms with Gasteiger partial charge in [0.2, 0.25) is 0 Å². The molecule has 0 unspecified atom stereocenters. The highest BCUT2D eigenvalue weighted by Gasteiger charge is 2.47. The second kappa shape index (κ2) is 5.76. The zero-order chi connectivity index (χ0) is 11.8. The van der Waals surface area contributed by atoms with E-state index in [1.807, 2.05) is 0 Å². The number of halogens is 9. The summed E-state index contributed by atoms with van der Waals surface area (Å²) >= 11 is 51.2. The van der Waals surface area contributed by atoms with Gasteiger partial charge in [-0.2, -0.15) is 0 Å². The fraction of sp³-hybridized carbons (Fsp3) is 0. The lowest BCUT2D eigenvalue weighted by Crippen LogP contribution is -2.32. The van der Waals surface area contributed by atoms with Crippen molar-refractivity contribution in [2.45, 2.75) is 0 Å². The Morgan fingerprint density at radius 3 is 1.00 bits per heavy atom. The van der Waals surface area contributed by atoms with Gasteiger partial charge in [-0.15, -0.1) is 99.7 Å². The van der Waals surface area contributed by atoms with Crippen LogP contribution in [0.2, 0.25) is 0 Å². The molecule has 14 heavy (non-hydrogen) atoms. The van der Waals surface area contributed by atoms with Gasteiger partial charge in [0.15, 0.2) is 0 Å². The highest BCUT2D eigenvalue weighted by Crippen LogP contribution is 2.43. The summed E-state index contributed by atoms with van der Waals surface area (Å²) in [6.07, 6.45) is 0. The van der Waals surface area contributed by atoms with Crippen LogP contribution in [-0.2, 0) is 0 Å². The van der Waals surface area contributed by atoms with E-state index in [0.717, 1.165) is 0 Å². The van der Waals surface area contributed by atoms with Crippen LogP contribution in [0.1, 0.15) is 0 Å². The molecular weight excluding hydrogens is 427 g/mol. The summed E-state index contributed by atoms with van der Waals surface area (Å²) in [6.45, 7) is 0. The monoisotopic (exact) mass is 424 g/mol. The minimum Gasteiger partial charge on any atom is -0.121 e. The van der Waals surface area contributed by atoms with E-state index in [-0.39, 0.29) is 4.82 Å². The Kier molecular flexibility index (Phi) is 7.00. The second-order valence-electron chi connectivity index (χ2n) is 2.10. The third kappa shape index (κ3) is 7.35. The lowest BCUT2D eigenvalue weighted by atomic mass is 11.2. The average Bonchev–Trinajstić information content (AvgIpc) is 1.75. The predicted molar refractivity (Wildman–Crippen MR) is 78.0 cm³/mol. The SMILES string of the molecule is Cl[Si](Cl)(Cl)C=C([Si](Cl)(Cl)Cl)[Si](Cl)(Cl)Cl. The van der Waals surface area contributed by atoms with E-state index in [1.165, 1.54) is 5.70 Å². The van der Waals surface area contributed by atoms with E-state index >= 15 is 0 Å². The first-order valence-electron chi connectivity index (χ1n) is 2.78. The van der Waals surface area contributed by atoms with Crippen LogP contribution >= 0.6 is 99.7 Å². The summed E-state index contributed by atoms with van der Waals surface area (Å²) in [5, 5.41) is 0. The number of hydrogen-bond acceptors (Lipinski definition) is 0. The summed E-state index contributed by atoms with van der Waals surface area (Å²) in [5.74, 6) is 0. The molecule has 0 radical (unpaired) electrons. The molecule has 0 aliphatic rings. The Bertz CT molecular complexity index is 212. The zero-order valence-electron chi connectivity index (χ0n) is 5.98. The van der Waals surface area contributed by atoms with Gasteiger partial charge in [0, 0.05) is 0 Å². The highest BCUT2D eigenvalue weighted by atomic mass is 35.9. The molecule has 0 bridgehead atoms. The van der Waals surface area contributed by atoms with Crippen LogP contribution in [0.4, 0.5) is 0 Å². The lowest BCUT2D eigenvalue weighted by Gasteiger charge is -2.20. The highest BCUT2D eigenvalue weighted by molar-refractivity contribution is 7.80. The lowest BCUT2D eigenvalue weighted by molar-refractivity contribution is 2.23. The van der Waals surface area contributed by atoms with Crippen molar-refractivity contribution in [2.75, 3.05) is 0 Å². The number of hydrogen-bond donors (Lipinski definition) is 0. The van der Waals surface area contributed by atoms with Crippen molar-refractivity contribution in [1.29, 1.82) is 0 Å². The third-order valence-electron chi connectivity index (χ3n) is 0.919. The fourth-order valence-corrected chi connectivity index (χ4v) is 21.9. The zero-order valence-corrected chi connectivity index (χ0v) is 15.8. The van der Waals surface area contributed by atoms with Crippen LogP contribution in [0.25, 0.3) is 0 Å². The van der Waals surface area contributed by atoms with Gasteiger partial charge >= 0.3 is 18.0 Å². The van der Waals surface area contributed by atoms with Crippen molar-refractivity contribution in [1.82, 2.24) is 0 Å². The van der Waals surface area contributed by atoms with E-state index in [0.29, 0.717) is 0 Å². The van der Waals surface area contributed by atoms with Crippen molar-refractivity contribution in [3.8, 4) is 0 Å². The Hall–Kier alpha value is 3.00. The molecule has 0 amide bonds. The van der Waals surface area contributed by atoms with E-state index in [4.69, 9.17) is 99.7 Å². The first-order valence-corrected chi connectivity index (χ1v) is 18.0. The van der Waals surface area contributed by atoms with E-state index in [9.17, 15) is 0 Å². The fourth-order valence-electron chi connectivity index (χ4n) is 0.488. The molecular formula is C2HCl9Si3. The molecule has 0 aromatic heterocycles. The molecule has 0 heterocycles. The van der Waals surface area contributed by atoms with Crippen molar-refractivity contribution in [3.63, 3.8) is 0 Å². The van der Waals surface area contributed by atoms with E-state index in [2.05, 4.69) is 0 Å². The van der Waals surface area contributed by atoms with Gasteiger partial charge < -0.3 is 0 Å². The minimum absolute atomic E-state index is 0.0895. The molecule has 0 aromatic carbocycles. The van der Waals surface area contributed by atoms with Crippen LogP contribution < -0.4 is 0 Å². The quantitative estimate of drug-likeness (QED) is 0.412. The topological polar surface area (TPSA) is 0 Å². The number of rotatable bonds is 3. The molecule has 84 valence electrons. The van der Waals surface area contributed by atoms with E-state index in [1.54, 1.807) is 0 Å². The Morgan fingerprint density at radius 1 is 0.643 bits per heavy atom. The van der Waals surface area contributed by atoms with Crippen molar-refractivity contribution in [3.05, 3.63) is 10.5 Å². The summed E-state index contributed by atoms with van der Waals surface area (Å²) < 4.78 is 0. The third-order valence-corrected chi connectivity index (χ3v) is 13.4. The Morgan fingerprint density at radius 2 is 0.929 bits per heavy atom. The van der Waals surface area contributed by atoms with Gasteiger partial charge in [-0.3, -0.25) is 0 Å². The predicted octanol–water partition coefficient (Wildman–Crippen LogP) is 5.50. The van der Waals surface area contributed by atoms with Crippen molar-refractivity contribution < 1.29 is 0 Å². The van der Waals surface area contributed by atoms with Crippen LogP contribution in [0, 0.1) is 0 Å². The standard InChI is InChI=1S/C2HCl9Si3/c3-12(4,5)1-2(13(6,7)8)14(9,10)11/h1H. The maximum atomic E-state index is 5.72. The van der Waals surface area contributed by atoms with Gasteiger partial charge in [0.25, 0.3) is 0 Å². The Labute approximate surface area is 127 Å². The molecule has 0 fully saturated rings. The van der Waals surface area contributed by atoms with Crippen LogP contribution in [0.3, 0.4) is 0 Å². The van der Waals surface area contributed by atoms with E-state index < -0.39 is 18.0 Å². The average molecular weight is 428 g/mol. The summed E-state index contributed by atoms with van der Waals surface area (Å²) in [4.78, 5) is 0.0895. The molecule has 0 aliphatic heterocycles. The second-order valence-corrected chi connectivity index (χ2v) is 27.8. The summed E-state index contributed by atoms with van der Waals surface area (Å²) in [5.41, 5.74) is 1.20. The molecule has 12 heteroatoms. The molecule has 0 aromatic rings. The molecule has 0 aliphatic carbocycles. The molecule has 0 rings (SSSR count). The molecule has 0 spiro atoms. The van der Waals surface area contributed by atoms with Crippen molar-refractivity contribution >= 4 is 118 Å². The minimum atomic E-state index is -3.31. The normalized spacial score (nSPS) is 14.1. The molecule has 0 nitrogen and oxygen atoms in total. The largest absolute Gasteiger partial charge is 0.367 e. The summed E-state index contributed by atoms with van der Waals surface area (Å²) in [7, 11) is 0. The van der Waals surface area contributed by atoms with Crippen molar-refractivity contribution in [2.24, 2.45) is 0 Å². The van der Waals surface area contributed by atoms with Gasteiger partial charge in [0.05, 0.1) is 0 Å². The van der Waals surface area contributed by atoms with Gasteiger partial charge in [0.1, 0.15) is 0 Å². The maximum absolute atomic E-state index is 5.72. The maximum Gasteiger partial charge on any atom is 0.367 e. The molecule has 0 saturated carbocycles. The summed E-state index contributed by atoms with van der Waals surface area (Å²) in [6, 6.07) is -9.74. The van der Waals surface area contributed by atoms with Crippen LogP contribution in [0.5, 0.6) is 0 Å². The van der Waals surface area contributed by atoms with Gasteiger partial charge in [-0.1, -0.05) is 5.70 Å². The first kappa shape index (κ1) is 17.0. The molecule has 0 saturated heterocycles. The van der Waals surface area contributed by atoms with Crippen LogP contribution in [0.15, 0.2) is 10.5 Å². The Balaban J connectivity index is 5.26. The van der Waals surface area contributed by atoms with Gasteiger partial charge in [-0.05, 0) is 4.82 Å².